The minimum atomic E-state index is 0.722. The number of halogens is 1. The molecule has 98 valence electrons. The van der Waals surface area contributed by atoms with Gasteiger partial charge in [0.05, 0.1) is 0 Å². The molecule has 0 saturated heterocycles. The van der Waals surface area contributed by atoms with Crippen LogP contribution in [0.1, 0.15) is 50.5 Å². The number of hydrogen-bond acceptors (Lipinski definition) is 1. The summed E-state index contributed by atoms with van der Waals surface area (Å²) in [5, 5.41) is 4.70. The van der Waals surface area contributed by atoms with Crippen molar-refractivity contribution in [2.45, 2.75) is 57.0 Å². The number of hydrogen-bond donors (Lipinski definition) is 1. The van der Waals surface area contributed by atoms with E-state index in [1.165, 1.54) is 37.7 Å². The van der Waals surface area contributed by atoms with Gasteiger partial charge in [-0.1, -0.05) is 30.7 Å². The third-order valence-corrected chi connectivity index (χ3v) is 4.86. The second kappa shape index (κ2) is 5.22. The SMILES string of the molecule is CC1CCC(NC2CC(c3cccc(Cl)c3)C2)C1. The van der Waals surface area contributed by atoms with Crippen molar-refractivity contribution >= 4 is 11.6 Å². The molecule has 2 fully saturated rings. The van der Waals surface area contributed by atoms with Gasteiger partial charge in [-0.3, -0.25) is 0 Å². The predicted octanol–water partition coefficient (Wildman–Crippen LogP) is 4.36. The maximum absolute atomic E-state index is 6.04. The van der Waals surface area contributed by atoms with E-state index < -0.39 is 0 Å². The minimum absolute atomic E-state index is 0.722. The van der Waals surface area contributed by atoms with Gasteiger partial charge in [0, 0.05) is 17.1 Å². The number of rotatable bonds is 3. The summed E-state index contributed by atoms with van der Waals surface area (Å²) in [6.45, 7) is 2.37. The normalized spacial score (nSPS) is 35.4. The van der Waals surface area contributed by atoms with Crippen molar-refractivity contribution in [3.63, 3.8) is 0 Å². The average molecular weight is 264 g/mol. The summed E-state index contributed by atoms with van der Waals surface area (Å²) in [6.07, 6.45) is 6.72. The first kappa shape index (κ1) is 12.5. The maximum atomic E-state index is 6.04. The molecule has 2 saturated carbocycles. The van der Waals surface area contributed by atoms with Gasteiger partial charge in [0.15, 0.2) is 0 Å². The molecular formula is C16H22ClN. The van der Waals surface area contributed by atoms with Crippen LogP contribution >= 0.6 is 11.6 Å². The van der Waals surface area contributed by atoms with Crippen LogP contribution in [0.3, 0.4) is 0 Å². The van der Waals surface area contributed by atoms with E-state index in [0.717, 1.165) is 28.9 Å². The molecule has 1 aromatic carbocycles. The largest absolute Gasteiger partial charge is 0.311 e. The van der Waals surface area contributed by atoms with Gasteiger partial charge in [0.25, 0.3) is 0 Å². The van der Waals surface area contributed by atoms with Crippen molar-refractivity contribution in [1.29, 1.82) is 0 Å². The van der Waals surface area contributed by atoms with Crippen molar-refractivity contribution in [3.05, 3.63) is 34.9 Å². The summed E-state index contributed by atoms with van der Waals surface area (Å²) in [7, 11) is 0. The van der Waals surface area contributed by atoms with Crippen LogP contribution in [0.15, 0.2) is 24.3 Å². The van der Waals surface area contributed by atoms with Crippen LogP contribution < -0.4 is 5.32 Å². The number of benzene rings is 1. The molecule has 2 heteroatoms. The first-order valence-electron chi connectivity index (χ1n) is 7.22. The van der Waals surface area contributed by atoms with E-state index in [4.69, 9.17) is 11.6 Å². The summed E-state index contributed by atoms with van der Waals surface area (Å²) < 4.78 is 0. The Labute approximate surface area is 115 Å². The molecule has 0 aliphatic heterocycles. The molecular weight excluding hydrogens is 242 g/mol. The van der Waals surface area contributed by atoms with E-state index in [2.05, 4.69) is 30.4 Å². The summed E-state index contributed by atoms with van der Waals surface area (Å²) in [5.74, 6) is 1.64. The van der Waals surface area contributed by atoms with E-state index in [9.17, 15) is 0 Å². The molecule has 1 nitrogen and oxygen atoms in total. The highest BCUT2D eigenvalue weighted by Crippen LogP contribution is 2.38. The molecule has 2 aliphatic carbocycles. The Morgan fingerprint density at radius 1 is 1.11 bits per heavy atom. The Hall–Kier alpha value is -0.530. The lowest BCUT2D eigenvalue weighted by molar-refractivity contribution is 0.263. The summed E-state index contributed by atoms with van der Waals surface area (Å²) in [6, 6.07) is 9.88. The van der Waals surface area contributed by atoms with Gasteiger partial charge in [0.1, 0.15) is 0 Å². The van der Waals surface area contributed by atoms with E-state index >= 15 is 0 Å². The van der Waals surface area contributed by atoms with Crippen LogP contribution in [0.4, 0.5) is 0 Å². The fraction of sp³-hybridized carbons (Fsp3) is 0.625. The highest BCUT2D eigenvalue weighted by molar-refractivity contribution is 6.30. The fourth-order valence-corrected chi connectivity index (χ4v) is 3.68. The quantitative estimate of drug-likeness (QED) is 0.854. The first-order chi connectivity index (χ1) is 8.70. The average Bonchev–Trinajstić information content (AvgIpc) is 2.69. The van der Waals surface area contributed by atoms with Gasteiger partial charge in [-0.25, -0.2) is 0 Å². The smallest absolute Gasteiger partial charge is 0.0408 e. The van der Waals surface area contributed by atoms with Crippen LogP contribution in [-0.4, -0.2) is 12.1 Å². The lowest BCUT2D eigenvalue weighted by atomic mass is 9.75. The molecule has 3 rings (SSSR count). The topological polar surface area (TPSA) is 12.0 Å². The van der Waals surface area contributed by atoms with Crippen molar-refractivity contribution in [3.8, 4) is 0 Å². The minimum Gasteiger partial charge on any atom is -0.311 e. The molecule has 1 aromatic rings. The molecule has 1 N–H and O–H groups in total. The third-order valence-electron chi connectivity index (χ3n) is 4.62. The number of nitrogens with one attached hydrogen (secondary N) is 1. The summed E-state index contributed by atoms with van der Waals surface area (Å²) in [5.41, 5.74) is 1.42. The van der Waals surface area contributed by atoms with E-state index in [1.807, 2.05) is 6.07 Å². The van der Waals surface area contributed by atoms with Crippen molar-refractivity contribution in [2.75, 3.05) is 0 Å². The zero-order valence-corrected chi connectivity index (χ0v) is 11.8. The Kier molecular flexibility index (Phi) is 3.63. The van der Waals surface area contributed by atoms with Crippen LogP contribution in [0, 0.1) is 5.92 Å². The van der Waals surface area contributed by atoms with Crippen LogP contribution in [-0.2, 0) is 0 Å². The fourth-order valence-electron chi connectivity index (χ4n) is 3.48. The zero-order chi connectivity index (χ0) is 12.5. The first-order valence-corrected chi connectivity index (χ1v) is 7.60. The highest BCUT2D eigenvalue weighted by Gasteiger charge is 2.33. The molecule has 2 atom stereocenters. The van der Waals surface area contributed by atoms with E-state index in [1.54, 1.807) is 0 Å². The maximum Gasteiger partial charge on any atom is 0.0408 e. The van der Waals surface area contributed by atoms with Gasteiger partial charge < -0.3 is 5.32 Å². The van der Waals surface area contributed by atoms with E-state index in [0.29, 0.717) is 0 Å². The van der Waals surface area contributed by atoms with E-state index in [-0.39, 0.29) is 0 Å². The molecule has 2 unspecified atom stereocenters. The molecule has 18 heavy (non-hydrogen) atoms. The Morgan fingerprint density at radius 2 is 1.94 bits per heavy atom. The standard InChI is InChI=1S/C16H22ClN/c1-11-5-6-15(7-11)18-16-9-13(10-16)12-3-2-4-14(17)8-12/h2-4,8,11,13,15-16,18H,5-7,9-10H2,1H3. The molecule has 0 radical (unpaired) electrons. The zero-order valence-electron chi connectivity index (χ0n) is 11.0. The van der Waals surface area contributed by atoms with Crippen LogP contribution in [0.25, 0.3) is 0 Å². The molecule has 2 aliphatic rings. The molecule has 0 spiro atoms. The Balaban J connectivity index is 1.48. The second-order valence-corrected chi connectivity index (χ2v) is 6.64. The lowest BCUT2D eigenvalue weighted by Crippen LogP contribution is -2.44. The molecule has 0 bridgehead atoms. The summed E-state index contributed by atoms with van der Waals surface area (Å²) >= 11 is 6.04. The third kappa shape index (κ3) is 2.73. The van der Waals surface area contributed by atoms with Crippen LogP contribution in [0.5, 0.6) is 0 Å². The van der Waals surface area contributed by atoms with Crippen molar-refractivity contribution in [1.82, 2.24) is 5.32 Å². The summed E-state index contributed by atoms with van der Waals surface area (Å²) in [4.78, 5) is 0. The Morgan fingerprint density at radius 3 is 2.61 bits per heavy atom. The molecule has 0 heterocycles. The monoisotopic (exact) mass is 263 g/mol. The second-order valence-electron chi connectivity index (χ2n) is 6.20. The van der Waals surface area contributed by atoms with Gasteiger partial charge in [-0.15, -0.1) is 0 Å². The van der Waals surface area contributed by atoms with Gasteiger partial charge in [-0.2, -0.15) is 0 Å². The van der Waals surface area contributed by atoms with Gasteiger partial charge in [-0.05, 0) is 61.6 Å². The Bertz CT molecular complexity index is 411. The lowest BCUT2D eigenvalue weighted by Gasteiger charge is -2.38. The predicted molar refractivity (Wildman–Crippen MR) is 77.2 cm³/mol. The molecule has 0 amide bonds. The van der Waals surface area contributed by atoms with Crippen LogP contribution in [0.2, 0.25) is 5.02 Å². The van der Waals surface area contributed by atoms with Crippen molar-refractivity contribution in [2.24, 2.45) is 5.92 Å². The van der Waals surface area contributed by atoms with Gasteiger partial charge >= 0.3 is 0 Å². The highest BCUT2D eigenvalue weighted by atomic mass is 35.5. The molecule has 0 aromatic heterocycles. The van der Waals surface area contributed by atoms with Gasteiger partial charge in [0.2, 0.25) is 0 Å². The van der Waals surface area contributed by atoms with Crippen molar-refractivity contribution < 1.29 is 0 Å².